The molecule has 0 amide bonds. The Morgan fingerprint density at radius 2 is 2.30 bits per heavy atom. The molecule has 2 rings (SSSR count). The van der Waals surface area contributed by atoms with Gasteiger partial charge in [0, 0.05) is 12.6 Å². The van der Waals surface area contributed by atoms with Gasteiger partial charge in [-0.15, -0.1) is 0 Å². The summed E-state index contributed by atoms with van der Waals surface area (Å²) < 4.78 is 10.9. The van der Waals surface area contributed by atoms with Gasteiger partial charge in [0.2, 0.25) is 0 Å². The molecular formula is C7H13NO2. The molecule has 3 atom stereocenters. The van der Waals surface area contributed by atoms with Gasteiger partial charge in [0.1, 0.15) is 6.10 Å². The van der Waals surface area contributed by atoms with Crippen LogP contribution in [0.3, 0.4) is 0 Å². The maximum atomic E-state index is 5.43. The van der Waals surface area contributed by atoms with Crippen molar-refractivity contribution >= 4 is 0 Å². The average Bonchev–Trinajstić information content (AvgIpc) is 2.36. The van der Waals surface area contributed by atoms with Crippen LogP contribution in [0, 0.1) is 0 Å². The van der Waals surface area contributed by atoms with Crippen LogP contribution in [0.4, 0.5) is 0 Å². The van der Waals surface area contributed by atoms with Crippen molar-refractivity contribution in [1.29, 1.82) is 0 Å². The van der Waals surface area contributed by atoms with Crippen molar-refractivity contribution in [3.05, 3.63) is 0 Å². The Morgan fingerprint density at radius 1 is 1.40 bits per heavy atom. The van der Waals surface area contributed by atoms with E-state index in [1.165, 1.54) is 0 Å². The first-order valence-corrected chi connectivity index (χ1v) is 3.84. The van der Waals surface area contributed by atoms with Gasteiger partial charge < -0.3 is 9.47 Å². The Balaban J connectivity index is 2.03. The molecule has 0 bridgehead atoms. The highest BCUT2D eigenvalue weighted by molar-refractivity contribution is 4.88. The Morgan fingerprint density at radius 3 is 3.10 bits per heavy atom. The molecule has 2 saturated heterocycles. The fourth-order valence-corrected chi connectivity index (χ4v) is 1.69. The smallest absolute Gasteiger partial charge is 0.101 e. The van der Waals surface area contributed by atoms with E-state index in [-0.39, 0.29) is 6.10 Å². The molecule has 2 aliphatic heterocycles. The molecule has 2 heterocycles. The second-order valence-corrected chi connectivity index (χ2v) is 2.95. The highest BCUT2D eigenvalue weighted by Gasteiger charge is 2.35. The summed E-state index contributed by atoms with van der Waals surface area (Å²) in [6.07, 6.45) is 1.66. The van der Waals surface area contributed by atoms with E-state index in [2.05, 4.69) is 12.2 Å². The third kappa shape index (κ3) is 0.944. The van der Waals surface area contributed by atoms with E-state index in [4.69, 9.17) is 9.47 Å². The molecule has 0 radical (unpaired) electrons. The van der Waals surface area contributed by atoms with Gasteiger partial charge in [0.15, 0.2) is 0 Å². The van der Waals surface area contributed by atoms with E-state index in [9.17, 15) is 0 Å². The van der Waals surface area contributed by atoms with Crippen LogP contribution >= 0.6 is 0 Å². The lowest BCUT2D eigenvalue weighted by atomic mass is 10.0. The average molecular weight is 143 g/mol. The molecule has 0 aromatic carbocycles. The van der Waals surface area contributed by atoms with Gasteiger partial charge in [0.05, 0.1) is 12.8 Å². The Labute approximate surface area is 60.7 Å². The molecule has 0 saturated carbocycles. The summed E-state index contributed by atoms with van der Waals surface area (Å²) >= 11 is 0. The van der Waals surface area contributed by atoms with Gasteiger partial charge in [-0.25, -0.2) is 0 Å². The first kappa shape index (κ1) is 6.58. The second-order valence-electron chi connectivity index (χ2n) is 2.95. The van der Waals surface area contributed by atoms with Crippen LogP contribution in [-0.2, 0) is 9.47 Å². The number of hydrogen-bond donors (Lipinski definition) is 1. The maximum absolute atomic E-state index is 5.43. The molecule has 10 heavy (non-hydrogen) atoms. The first-order valence-electron chi connectivity index (χ1n) is 3.84. The van der Waals surface area contributed by atoms with Gasteiger partial charge >= 0.3 is 0 Å². The quantitative estimate of drug-likeness (QED) is 0.522. The van der Waals surface area contributed by atoms with Crippen molar-refractivity contribution in [3.63, 3.8) is 0 Å². The van der Waals surface area contributed by atoms with Crippen LogP contribution in [0.1, 0.15) is 13.3 Å². The van der Waals surface area contributed by atoms with Gasteiger partial charge in [-0.1, -0.05) is 0 Å². The van der Waals surface area contributed by atoms with Gasteiger partial charge in [-0.05, 0) is 13.3 Å². The van der Waals surface area contributed by atoms with E-state index in [0.29, 0.717) is 18.9 Å². The van der Waals surface area contributed by atoms with Crippen LogP contribution in [0.5, 0.6) is 0 Å². The summed E-state index contributed by atoms with van der Waals surface area (Å²) in [5, 5.41) is 3.29. The third-order valence-electron chi connectivity index (χ3n) is 2.29. The molecule has 0 aromatic heterocycles. The zero-order chi connectivity index (χ0) is 6.97. The largest absolute Gasteiger partial charge is 0.376 e. The zero-order valence-electron chi connectivity index (χ0n) is 6.17. The van der Waals surface area contributed by atoms with Crippen molar-refractivity contribution in [3.8, 4) is 0 Å². The van der Waals surface area contributed by atoms with Crippen molar-refractivity contribution < 1.29 is 9.47 Å². The normalized spacial score (nSPS) is 47.1. The van der Waals surface area contributed by atoms with Gasteiger partial charge in [0.25, 0.3) is 0 Å². The predicted molar refractivity (Wildman–Crippen MR) is 36.7 cm³/mol. The van der Waals surface area contributed by atoms with Crippen molar-refractivity contribution in [2.45, 2.75) is 31.6 Å². The van der Waals surface area contributed by atoms with E-state index in [1.54, 1.807) is 0 Å². The minimum absolute atomic E-state index is 0.272. The SMILES string of the molecule is CC1OCCC2NCOC21. The summed E-state index contributed by atoms with van der Waals surface area (Å²) in [7, 11) is 0. The zero-order valence-corrected chi connectivity index (χ0v) is 6.17. The first-order chi connectivity index (χ1) is 4.88. The van der Waals surface area contributed by atoms with Gasteiger partial charge in [-0.3, -0.25) is 5.32 Å². The minimum Gasteiger partial charge on any atom is -0.376 e. The molecule has 0 aliphatic carbocycles. The summed E-state index contributed by atoms with van der Waals surface area (Å²) in [4.78, 5) is 0. The fourth-order valence-electron chi connectivity index (χ4n) is 1.69. The molecule has 3 unspecified atom stereocenters. The van der Waals surface area contributed by atoms with Crippen molar-refractivity contribution in [1.82, 2.24) is 5.32 Å². The van der Waals surface area contributed by atoms with E-state index in [0.717, 1.165) is 13.0 Å². The Kier molecular flexibility index (Phi) is 1.64. The van der Waals surface area contributed by atoms with Crippen LogP contribution in [0.25, 0.3) is 0 Å². The lowest BCUT2D eigenvalue weighted by Gasteiger charge is -2.29. The van der Waals surface area contributed by atoms with E-state index < -0.39 is 0 Å². The number of hydrogen-bond acceptors (Lipinski definition) is 3. The molecule has 58 valence electrons. The summed E-state index contributed by atoms with van der Waals surface area (Å²) in [6.45, 7) is 3.64. The predicted octanol–water partition coefficient (Wildman–Crippen LogP) is 0.110. The maximum Gasteiger partial charge on any atom is 0.101 e. The Hall–Kier alpha value is -0.120. The summed E-state index contributed by atoms with van der Waals surface area (Å²) in [5.74, 6) is 0. The number of fused-ring (bicyclic) bond motifs is 1. The fraction of sp³-hybridized carbons (Fsp3) is 1.00. The van der Waals surface area contributed by atoms with Crippen LogP contribution < -0.4 is 5.32 Å². The highest BCUT2D eigenvalue weighted by atomic mass is 16.6. The molecule has 2 aliphatic rings. The molecular weight excluding hydrogens is 130 g/mol. The molecule has 1 N–H and O–H groups in total. The number of nitrogens with one attached hydrogen (secondary N) is 1. The monoisotopic (exact) mass is 143 g/mol. The van der Waals surface area contributed by atoms with Crippen LogP contribution in [0.15, 0.2) is 0 Å². The Bertz CT molecular complexity index is 129. The minimum atomic E-state index is 0.272. The highest BCUT2D eigenvalue weighted by Crippen LogP contribution is 2.20. The lowest BCUT2D eigenvalue weighted by Crippen LogP contribution is -2.44. The molecule has 3 heteroatoms. The third-order valence-corrected chi connectivity index (χ3v) is 2.29. The number of ether oxygens (including phenoxy) is 2. The molecule has 3 nitrogen and oxygen atoms in total. The summed E-state index contributed by atoms with van der Waals surface area (Å²) in [5.41, 5.74) is 0. The lowest BCUT2D eigenvalue weighted by molar-refractivity contribution is -0.0723. The molecule has 0 spiro atoms. The number of rotatable bonds is 0. The second kappa shape index (κ2) is 2.49. The summed E-state index contributed by atoms with van der Waals surface area (Å²) in [6, 6.07) is 0.545. The van der Waals surface area contributed by atoms with E-state index in [1.807, 2.05) is 0 Å². The van der Waals surface area contributed by atoms with Crippen molar-refractivity contribution in [2.24, 2.45) is 0 Å². The van der Waals surface area contributed by atoms with Crippen molar-refractivity contribution in [2.75, 3.05) is 13.3 Å². The standard InChI is InChI=1S/C7H13NO2/c1-5-7-6(2-3-9-5)8-4-10-7/h5-8H,2-4H2,1H3. The molecule has 0 aromatic rings. The van der Waals surface area contributed by atoms with E-state index >= 15 is 0 Å². The topological polar surface area (TPSA) is 30.5 Å². The van der Waals surface area contributed by atoms with Gasteiger partial charge in [-0.2, -0.15) is 0 Å². The van der Waals surface area contributed by atoms with Crippen LogP contribution in [0.2, 0.25) is 0 Å². The van der Waals surface area contributed by atoms with Crippen LogP contribution in [-0.4, -0.2) is 31.6 Å². The molecule has 2 fully saturated rings.